The molecular weight excluding hydrogens is 214 g/mol. The lowest BCUT2D eigenvalue weighted by Gasteiger charge is -2.07. The molecule has 0 heterocycles. The van der Waals surface area contributed by atoms with Gasteiger partial charge in [-0.25, -0.2) is 4.79 Å². The monoisotopic (exact) mass is 223 g/mol. The molecule has 0 aliphatic heterocycles. The maximum Gasteiger partial charge on any atom is 0.237 e. The van der Waals surface area contributed by atoms with Gasteiger partial charge in [-0.05, 0) is 32.0 Å². The lowest BCUT2D eigenvalue weighted by atomic mass is 10.3. The quantitative estimate of drug-likeness (QED) is 0.440. The SMILES string of the molecule is CC(C)(N=C=O)N=Nc1cccc(Cl)c1. The number of azo groups is 1. The molecule has 5 heteroatoms. The van der Waals surface area contributed by atoms with Gasteiger partial charge in [-0.3, -0.25) is 0 Å². The van der Waals surface area contributed by atoms with Crippen LogP contribution in [0.4, 0.5) is 5.69 Å². The van der Waals surface area contributed by atoms with E-state index in [1.54, 1.807) is 38.1 Å². The molecule has 0 aliphatic rings. The highest BCUT2D eigenvalue weighted by Crippen LogP contribution is 2.20. The third kappa shape index (κ3) is 4.02. The molecule has 0 saturated carbocycles. The predicted molar refractivity (Wildman–Crippen MR) is 58.2 cm³/mol. The zero-order valence-electron chi connectivity index (χ0n) is 8.44. The van der Waals surface area contributed by atoms with Gasteiger partial charge in [-0.15, -0.1) is 0 Å². The maximum absolute atomic E-state index is 10.1. The zero-order valence-corrected chi connectivity index (χ0v) is 9.19. The molecule has 0 amide bonds. The van der Waals surface area contributed by atoms with Crippen LogP contribution in [0.1, 0.15) is 13.8 Å². The van der Waals surface area contributed by atoms with E-state index in [2.05, 4.69) is 15.2 Å². The number of halogens is 1. The van der Waals surface area contributed by atoms with Crippen molar-refractivity contribution in [3.63, 3.8) is 0 Å². The average Bonchev–Trinajstić information content (AvgIpc) is 2.15. The molecule has 0 N–H and O–H groups in total. The number of rotatable bonds is 3. The Hall–Kier alpha value is -1.51. The molecule has 0 aromatic heterocycles. The summed E-state index contributed by atoms with van der Waals surface area (Å²) in [6.07, 6.45) is 1.45. The largest absolute Gasteiger partial charge is 0.237 e. The topological polar surface area (TPSA) is 54.1 Å². The van der Waals surface area contributed by atoms with Gasteiger partial charge < -0.3 is 0 Å². The summed E-state index contributed by atoms with van der Waals surface area (Å²) in [7, 11) is 0. The van der Waals surface area contributed by atoms with Gasteiger partial charge in [-0.1, -0.05) is 17.7 Å². The Labute approximate surface area is 92.7 Å². The van der Waals surface area contributed by atoms with E-state index in [9.17, 15) is 4.79 Å². The Balaban J connectivity index is 2.86. The lowest BCUT2D eigenvalue weighted by Crippen LogP contribution is -2.10. The van der Waals surface area contributed by atoms with Gasteiger partial charge >= 0.3 is 0 Å². The van der Waals surface area contributed by atoms with E-state index in [4.69, 9.17) is 11.6 Å². The molecule has 0 radical (unpaired) electrons. The van der Waals surface area contributed by atoms with Gasteiger partial charge in [0.25, 0.3) is 0 Å². The van der Waals surface area contributed by atoms with Crippen LogP contribution in [-0.4, -0.2) is 11.7 Å². The number of hydrogen-bond acceptors (Lipinski definition) is 4. The highest BCUT2D eigenvalue weighted by molar-refractivity contribution is 6.30. The van der Waals surface area contributed by atoms with Crippen LogP contribution in [0.25, 0.3) is 0 Å². The number of benzene rings is 1. The summed E-state index contributed by atoms with van der Waals surface area (Å²) >= 11 is 5.77. The zero-order chi connectivity index (χ0) is 11.3. The van der Waals surface area contributed by atoms with Crippen molar-refractivity contribution in [2.45, 2.75) is 19.5 Å². The minimum Gasteiger partial charge on any atom is -0.211 e. The number of isocyanates is 1. The first-order valence-electron chi connectivity index (χ1n) is 4.31. The van der Waals surface area contributed by atoms with Gasteiger partial charge in [0.1, 0.15) is 0 Å². The van der Waals surface area contributed by atoms with Crippen LogP contribution in [0, 0.1) is 0 Å². The van der Waals surface area contributed by atoms with Crippen molar-refractivity contribution < 1.29 is 4.79 Å². The number of nitrogens with zero attached hydrogens (tertiary/aromatic N) is 3. The van der Waals surface area contributed by atoms with Crippen molar-refractivity contribution >= 4 is 23.4 Å². The minimum absolute atomic E-state index is 0.586. The summed E-state index contributed by atoms with van der Waals surface area (Å²) < 4.78 is 0. The highest BCUT2D eigenvalue weighted by atomic mass is 35.5. The van der Waals surface area contributed by atoms with Crippen LogP contribution in [0.3, 0.4) is 0 Å². The maximum atomic E-state index is 10.1. The fourth-order valence-corrected chi connectivity index (χ4v) is 1.04. The molecule has 0 atom stereocenters. The smallest absolute Gasteiger partial charge is 0.211 e. The molecule has 0 aliphatic carbocycles. The number of hydrogen-bond donors (Lipinski definition) is 0. The number of aliphatic imine (C=N–C) groups is 1. The first kappa shape index (κ1) is 11.6. The van der Waals surface area contributed by atoms with Crippen LogP contribution in [0.2, 0.25) is 5.02 Å². The Morgan fingerprint density at radius 1 is 1.40 bits per heavy atom. The van der Waals surface area contributed by atoms with E-state index in [0.717, 1.165) is 0 Å². The van der Waals surface area contributed by atoms with Crippen LogP contribution in [0.15, 0.2) is 39.5 Å². The number of carbonyl (C=O) groups excluding carboxylic acids is 1. The van der Waals surface area contributed by atoms with E-state index in [1.165, 1.54) is 6.08 Å². The van der Waals surface area contributed by atoms with Crippen LogP contribution in [0.5, 0.6) is 0 Å². The summed E-state index contributed by atoms with van der Waals surface area (Å²) in [6, 6.07) is 6.95. The van der Waals surface area contributed by atoms with E-state index in [0.29, 0.717) is 10.7 Å². The lowest BCUT2D eigenvalue weighted by molar-refractivity contribution is 0.504. The standard InChI is InChI=1S/C10H10ClN3O/c1-10(2,12-7-15)14-13-9-5-3-4-8(11)6-9/h3-6H,1-2H3. The molecule has 0 spiro atoms. The molecule has 15 heavy (non-hydrogen) atoms. The Bertz CT molecular complexity index is 422. The van der Waals surface area contributed by atoms with E-state index < -0.39 is 5.66 Å². The van der Waals surface area contributed by atoms with Crippen LogP contribution in [-0.2, 0) is 4.79 Å². The fraction of sp³-hybridized carbons (Fsp3) is 0.300. The fourth-order valence-electron chi connectivity index (χ4n) is 0.852. The summed E-state index contributed by atoms with van der Waals surface area (Å²) in [5.74, 6) is 0. The van der Waals surface area contributed by atoms with Crippen molar-refractivity contribution in [1.82, 2.24) is 0 Å². The van der Waals surface area contributed by atoms with Crippen LogP contribution < -0.4 is 0 Å². The summed E-state index contributed by atoms with van der Waals surface area (Å²) in [5.41, 5.74) is -0.263. The van der Waals surface area contributed by atoms with Crippen molar-refractivity contribution in [1.29, 1.82) is 0 Å². The van der Waals surface area contributed by atoms with Gasteiger partial charge in [0.15, 0.2) is 5.66 Å². The molecule has 1 aromatic rings. The van der Waals surface area contributed by atoms with E-state index in [-0.39, 0.29) is 0 Å². The molecule has 1 aromatic carbocycles. The van der Waals surface area contributed by atoms with Crippen molar-refractivity contribution in [2.24, 2.45) is 15.2 Å². The molecule has 1 rings (SSSR count). The second-order valence-electron chi connectivity index (χ2n) is 3.38. The summed E-state index contributed by atoms with van der Waals surface area (Å²) in [5, 5.41) is 8.41. The third-order valence-corrected chi connectivity index (χ3v) is 1.77. The third-order valence-electron chi connectivity index (χ3n) is 1.54. The van der Waals surface area contributed by atoms with Crippen LogP contribution >= 0.6 is 11.6 Å². The molecule has 0 unspecified atom stereocenters. The second-order valence-corrected chi connectivity index (χ2v) is 3.81. The minimum atomic E-state index is -0.885. The average molecular weight is 224 g/mol. The Morgan fingerprint density at radius 3 is 2.73 bits per heavy atom. The molecule has 78 valence electrons. The van der Waals surface area contributed by atoms with Crippen molar-refractivity contribution in [3.8, 4) is 0 Å². The second kappa shape index (κ2) is 4.82. The molecule has 0 bridgehead atoms. The molecular formula is C10H10ClN3O. The summed E-state index contributed by atoms with van der Waals surface area (Å²) in [4.78, 5) is 13.6. The van der Waals surface area contributed by atoms with Crippen molar-refractivity contribution in [2.75, 3.05) is 0 Å². The first-order valence-corrected chi connectivity index (χ1v) is 4.69. The van der Waals surface area contributed by atoms with Crippen molar-refractivity contribution in [3.05, 3.63) is 29.3 Å². The molecule has 0 fully saturated rings. The molecule has 4 nitrogen and oxygen atoms in total. The summed E-state index contributed by atoms with van der Waals surface area (Å²) in [6.45, 7) is 3.32. The van der Waals surface area contributed by atoms with Gasteiger partial charge in [0.05, 0.1) is 5.69 Å². The van der Waals surface area contributed by atoms with Gasteiger partial charge in [0.2, 0.25) is 6.08 Å². The first-order chi connectivity index (χ1) is 7.03. The predicted octanol–water partition coefficient (Wildman–Crippen LogP) is 3.50. The Morgan fingerprint density at radius 2 is 2.13 bits per heavy atom. The highest BCUT2D eigenvalue weighted by Gasteiger charge is 2.13. The normalized spacial score (nSPS) is 11.4. The Kier molecular flexibility index (Phi) is 3.72. The molecule has 0 saturated heterocycles. The van der Waals surface area contributed by atoms with E-state index >= 15 is 0 Å². The van der Waals surface area contributed by atoms with Gasteiger partial charge in [-0.2, -0.15) is 15.2 Å². The van der Waals surface area contributed by atoms with Gasteiger partial charge in [0, 0.05) is 5.02 Å². The van der Waals surface area contributed by atoms with E-state index in [1.807, 2.05) is 0 Å².